The van der Waals surface area contributed by atoms with Crippen LogP contribution >= 0.6 is 0 Å². The fourth-order valence-electron chi connectivity index (χ4n) is 1.93. The average Bonchev–Trinajstić information content (AvgIpc) is 2.39. The molecular weight excluding hydrogens is 252 g/mol. The smallest absolute Gasteiger partial charge is 0.236 e. The van der Waals surface area contributed by atoms with Crippen molar-refractivity contribution in [2.24, 2.45) is 0 Å². The average molecular weight is 272 g/mol. The molecule has 0 aliphatic rings. The molecule has 6 nitrogen and oxygen atoms in total. The lowest BCUT2D eigenvalue weighted by molar-refractivity contribution is 0.901. The van der Waals surface area contributed by atoms with Gasteiger partial charge in [-0.15, -0.1) is 0 Å². The van der Waals surface area contributed by atoms with Gasteiger partial charge in [-0.1, -0.05) is 12.1 Å². The lowest BCUT2D eigenvalue weighted by atomic mass is 10.2. The van der Waals surface area contributed by atoms with E-state index in [4.69, 9.17) is 5.73 Å². The first kappa shape index (κ1) is 14.0. The highest BCUT2D eigenvalue weighted by molar-refractivity contribution is 5.59. The molecule has 20 heavy (non-hydrogen) atoms. The Kier molecular flexibility index (Phi) is 4.02. The Morgan fingerprint density at radius 1 is 1.10 bits per heavy atom. The summed E-state index contributed by atoms with van der Waals surface area (Å²) in [6.07, 6.45) is 0. The number of nitrogens with two attached hydrogens (primary N) is 1. The van der Waals surface area contributed by atoms with E-state index in [0.717, 1.165) is 12.2 Å². The van der Waals surface area contributed by atoms with Crippen LogP contribution in [0.2, 0.25) is 0 Å². The highest BCUT2D eigenvalue weighted by Crippen LogP contribution is 2.24. The van der Waals surface area contributed by atoms with Gasteiger partial charge in [0, 0.05) is 26.3 Å². The van der Waals surface area contributed by atoms with Gasteiger partial charge in [0.25, 0.3) is 0 Å². The van der Waals surface area contributed by atoms with Crippen molar-refractivity contribution in [1.82, 2.24) is 15.0 Å². The molecule has 0 spiro atoms. The molecule has 0 bridgehead atoms. The summed E-state index contributed by atoms with van der Waals surface area (Å²) in [7, 11) is 3.75. The molecule has 1 aromatic carbocycles. The minimum Gasteiger partial charge on any atom is -0.368 e. The van der Waals surface area contributed by atoms with Crippen molar-refractivity contribution in [2.45, 2.75) is 13.8 Å². The molecule has 0 saturated heterocycles. The van der Waals surface area contributed by atoms with Gasteiger partial charge in [0.05, 0.1) is 0 Å². The van der Waals surface area contributed by atoms with Gasteiger partial charge >= 0.3 is 0 Å². The summed E-state index contributed by atoms with van der Waals surface area (Å²) in [6.45, 7) is 4.86. The van der Waals surface area contributed by atoms with Crippen molar-refractivity contribution in [2.75, 3.05) is 36.2 Å². The fraction of sp³-hybridized carbons (Fsp3) is 0.357. The number of hydrogen-bond acceptors (Lipinski definition) is 6. The molecular formula is C14H20N6. The molecule has 6 heteroatoms. The summed E-state index contributed by atoms with van der Waals surface area (Å²) < 4.78 is 0. The number of nitrogen functional groups attached to an aromatic ring is 1. The molecule has 0 aliphatic carbocycles. The van der Waals surface area contributed by atoms with E-state index < -0.39 is 0 Å². The molecule has 0 atom stereocenters. The zero-order valence-corrected chi connectivity index (χ0v) is 12.3. The first-order valence-corrected chi connectivity index (χ1v) is 6.54. The van der Waals surface area contributed by atoms with Crippen LogP contribution in [0.5, 0.6) is 0 Å². The van der Waals surface area contributed by atoms with Gasteiger partial charge in [-0.2, -0.15) is 15.0 Å². The number of nitrogens with zero attached hydrogens (tertiary/aromatic N) is 5. The van der Waals surface area contributed by atoms with Gasteiger partial charge in [-0.3, -0.25) is 0 Å². The highest BCUT2D eigenvalue weighted by atomic mass is 15.3. The van der Waals surface area contributed by atoms with Crippen LogP contribution in [0.15, 0.2) is 24.3 Å². The van der Waals surface area contributed by atoms with Crippen LogP contribution in [0, 0.1) is 6.92 Å². The normalized spacial score (nSPS) is 10.4. The third kappa shape index (κ3) is 2.96. The molecule has 106 valence electrons. The van der Waals surface area contributed by atoms with Crippen molar-refractivity contribution < 1.29 is 0 Å². The van der Waals surface area contributed by atoms with Gasteiger partial charge in [-0.05, 0) is 31.5 Å². The Balaban J connectivity index is 2.46. The van der Waals surface area contributed by atoms with Gasteiger partial charge in [0.15, 0.2) is 0 Å². The monoisotopic (exact) mass is 272 g/mol. The molecule has 0 amide bonds. The van der Waals surface area contributed by atoms with Crippen LogP contribution in [0.4, 0.5) is 23.5 Å². The summed E-state index contributed by atoms with van der Waals surface area (Å²) in [5, 5.41) is 0. The fourth-order valence-corrected chi connectivity index (χ4v) is 1.93. The number of anilines is 4. The number of hydrogen-bond donors (Lipinski definition) is 1. The van der Waals surface area contributed by atoms with Crippen LogP contribution in [-0.2, 0) is 0 Å². The van der Waals surface area contributed by atoms with E-state index in [1.165, 1.54) is 5.56 Å². The minimum atomic E-state index is 0.227. The number of aromatic nitrogens is 3. The maximum atomic E-state index is 5.78. The Morgan fingerprint density at radius 3 is 2.40 bits per heavy atom. The van der Waals surface area contributed by atoms with E-state index in [-0.39, 0.29) is 5.95 Å². The molecule has 0 radical (unpaired) electrons. The molecule has 1 heterocycles. The van der Waals surface area contributed by atoms with Crippen molar-refractivity contribution in [3.05, 3.63) is 29.8 Å². The summed E-state index contributed by atoms with van der Waals surface area (Å²) in [5.74, 6) is 1.35. The number of benzene rings is 1. The van der Waals surface area contributed by atoms with Crippen LogP contribution in [0.25, 0.3) is 0 Å². The summed E-state index contributed by atoms with van der Waals surface area (Å²) in [5.41, 5.74) is 8.02. The van der Waals surface area contributed by atoms with Gasteiger partial charge in [0.1, 0.15) is 0 Å². The van der Waals surface area contributed by atoms with Crippen molar-refractivity contribution in [1.29, 1.82) is 0 Å². The predicted molar refractivity (Wildman–Crippen MR) is 82.4 cm³/mol. The topological polar surface area (TPSA) is 71.2 Å². The lowest BCUT2D eigenvalue weighted by Gasteiger charge is -2.22. The second-order valence-corrected chi connectivity index (χ2v) is 4.77. The Hall–Kier alpha value is -2.37. The SMILES string of the molecule is CCN(c1cccc(C)c1)c1nc(N)nc(N(C)C)n1. The Bertz CT molecular complexity index is 596. The quantitative estimate of drug-likeness (QED) is 0.917. The van der Waals surface area contributed by atoms with Crippen LogP contribution in [0.1, 0.15) is 12.5 Å². The largest absolute Gasteiger partial charge is 0.368 e. The predicted octanol–water partition coefficient (Wildman–Crippen LogP) is 1.99. The zero-order chi connectivity index (χ0) is 14.7. The van der Waals surface area contributed by atoms with Gasteiger partial charge in [-0.25, -0.2) is 0 Å². The number of aryl methyl sites for hydroxylation is 1. The van der Waals surface area contributed by atoms with Crippen molar-refractivity contribution in [3.63, 3.8) is 0 Å². The van der Waals surface area contributed by atoms with E-state index in [9.17, 15) is 0 Å². The van der Waals surface area contributed by atoms with Crippen LogP contribution in [-0.4, -0.2) is 35.6 Å². The third-order valence-corrected chi connectivity index (χ3v) is 2.90. The van der Waals surface area contributed by atoms with E-state index in [1.807, 2.05) is 36.0 Å². The number of rotatable bonds is 4. The maximum Gasteiger partial charge on any atom is 0.236 e. The zero-order valence-electron chi connectivity index (χ0n) is 12.3. The second-order valence-electron chi connectivity index (χ2n) is 4.77. The van der Waals surface area contributed by atoms with E-state index in [1.54, 1.807) is 0 Å². The summed E-state index contributed by atoms with van der Waals surface area (Å²) in [6, 6.07) is 8.21. The second kappa shape index (κ2) is 5.73. The summed E-state index contributed by atoms with van der Waals surface area (Å²) in [4.78, 5) is 16.6. The molecule has 1 aromatic heterocycles. The van der Waals surface area contributed by atoms with Crippen molar-refractivity contribution in [3.8, 4) is 0 Å². The molecule has 0 saturated carbocycles. The van der Waals surface area contributed by atoms with E-state index in [0.29, 0.717) is 11.9 Å². The molecule has 0 aliphatic heterocycles. The Labute approximate surface area is 119 Å². The van der Waals surface area contributed by atoms with Gasteiger partial charge in [0.2, 0.25) is 17.8 Å². The van der Waals surface area contributed by atoms with E-state index in [2.05, 4.69) is 40.9 Å². The minimum absolute atomic E-state index is 0.227. The van der Waals surface area contributed by atoms with Gasteiger partial charge < -0.3 is 15.5 Å². The first-order chi connectivity index (χ1) is 9.51. The standard InChI is InChI=1S/C14H20N6/c1-5-20(11-8-6-7-10(2)9-11)14-17-12(15)16-13(18-14)19(3)4/h6-9H,5H2,1-4H3,(H2,15,16,17,18). The molecule has 2 N–H and O–H groups in total. The molecule has 0 unspecified atom stereocenters. The van der Waals surface area contributed by atoms with Crippen molar-refractivity contribution >= 4 is 23.5 Å². The third-order valence-electron chi connectivity index (χ3n) is 2.90. The highest BCUT2D eigenvalue weighted by Gasteiger charge is 2.14. The summed E-state index contributed by atoms with van der Waals surface area (Å²) >= 11 is 0. The lowest BCUT2D eigenvalue weighted by Crippen LogP contribution is -2.22. The first-order valence-electron chi connectivity index (χ1n) is 6.54. The molecule has 0 fully saturated rings. The maximum absolute atomic E-state index is 5.78. The van der Waals surface area contributed by atoms with Crippen LogP contribution < -0.4 is 15.5 Å². The molecule has 2 rings (SSSR count). The van der Waals surface area contributed by atoms with E-state index >= 15 is 0 Å². The van der Waals surface area contributed by atoms with Crippen LogP contribution in [0.3, 0.4) is 0 Å². The molecule has 2 aromatic rings. The Morgan fingerprint density at radius 2 is 1.80 bits per heavy atom.